The van der Waals surface area contributed by atoms with Gasteiger partial charge in [0.05, 0.1) is 4.92 Å². The van der Waals surface area contributed by atoms with Crippen molar-refractivity contribution in [3.8, 4) is 0 Å². The average molecular weight is 280 g/mol. The van der Waals surface area contributed by atoms with Gasteiger partial charge in [0, 0.05) is 25.2 Å². The molecule has 0 spiro atoms. The molecule has 0 saturated heterocycles. The molecule has 1 aromatic carbocycles. The molecule has 3 N–H and O–H groups in total. The van der Waals surface area contributed by atoms with Gasteiger partial charge in [0.15, 0.2) is 0 Å². The van der Waals surface area contributed by atoms with Gasteiger partial charge in [-0.25, -0.2) is 0 Å². The second-order valence-electron chi connectivity index (χ2n) is 4.83. The van der Waals surface area contributed by atoms with Gasteiger partial charge in [-0.3, -0.25) is 20.8 Å². The fraction of sp³-hybridized carbons (Fsp3) is 0.462. The minimum absolute atomic E-state index is 0.123. The average Bonchev–Trinajstić information content (AvgIpc) is 2.45. The van der Waals surface area contributed by atoms with Crippen LogP contribution in [0.3, 0.4) is 0 Å². The first-order valence-electron chi connectivity index (χ1n) is 6.41. The lowest BCUT2D eigenvalue weighted by atomic mass is 10.1. The van der Waals surface area contributed by atoms with Crippen molar-refractivity contribution in [3.63, 3.8) is 0 Å². The minimum atomic E-state index is -0.549. The van der Waals surface area contributed by atoms with E-state index in [-0.39, 0.29) is 17.3 Å². The van der Waals surface area contributed by atoms with Crippen molar-refractivity contribution in [2.45, 2.75) is 20.3 Å². The summed E-state index contributed by atoms with van der Waals surface area (Å²) in [5, 5.41) is 10.8. The number of benzene rings is 1. The summed E-state index contributed by atoms with van der Waals surface area (Å²) in [6.45, 7) is 4.76. The Labute approximate surface area is 117 Å². The van der Waals surface area contributed by atoms with E-state index >= 15 is 0 Å². The number of nitrogens with one attached hydrogen (secondary N) is 1. The molecule has 0 heterocycles. The van der Waals surface area contributed by atoms with E-state index in [1.165, 1.54) is 18.2 Å². The zero-order chi connectivity index (χ0) is 15.3. The van der Waals surface area contributed by atoms with Crippen LogP contribution in [0.1, 0.15) is 30.6 Å². The Hall–Kier alpha value is -2.15. The Kier molecular flexibility index (Phi) is 5.45. The van der Waals surface area contributed by atoms with Crippen molar-refractivity contribution in [2.24, 2.45) is 11.8 Å². The number of carbonyl (C=O) groups excluding carboxylic acids is 1. The third-order valence-electron chi connectivity index (χ3n) is 3.22. The molecule has 0 aliphatic rings. The predicted octanol–water partition coefficient (Wildman–Crippen LogP) is 2.00. The molecule has 20 heavy (non-hydrogen) atoms. The van der Waals surface area contributed by atoms with Crippen LogP contribution in [0.2, 0.25) is 0 Å². The summed E-state index contributed by atoms with van der Waals surface area (Å²) in [6.07, 6.45) is 0.980. The summed E-state index contributed by atoms with van der Waals surface area (Å²) in [6, 6.07) is 4.11. The number of carbonyl (C=O) groups is 1. The normalized spacial score (nSPS) is 11.8. The Balaban J connectivity index is 2.96. The zero-order valence-electron chi connectivity index (χ0n) is 11.9. The van der Waals surface area contributed by atoms with E-state index < -0.39 is 4.92 Å². The van der Waals surface area contributed by atoms with Gasteiger partial charge in [-0.15, -0.1) is 0 Å². The van der Waals surface area contributed by atoms with Crippen molar-refractivity contribution >= 4 is 17.3 Å². The van der Waals surface area contributed by atoms with Crippen LogP contribution in [0.25, 0.3) is 0 Å². The van der Waals surface area contributed by atoms with Crippen LogP contribution in [0, 0.1) is 16.0 Å². The van der Waals surface area contributed by atoms with E-state index in [9.17, 15) is 14.9 Å². The number of nitrogens with zero attached hydrogens (tertiary/aromatic N) is 2. The van der Waals surface area contributed by atoms with Crippen LogP contribution >= 0.6 is 0 Å². The maximum Gasteiger partial charge on any atom is 0.293 e. The van der Waals surface area contributed by atoms with Gasteiger partial charge >= 0.3 is 0 Å². The van der Waals surface area contributed by atoms with E-state index in [0.29, 0.717) is 18.0 Å². The lowest BCUT2D eigenvalue weighted by molar-refractivity contribution is -0.384. The molecule has 1 amide bonds. The lowest BCUT2D eigenvalue weighted by Gasteiger charge is -2.21. The van der Waals surface area contributed by atoms with Crippen LogP contribution < -0.4 is 11.3 Å². The highest BCUT2D eigenvalue weighted by Gasteiger charge is 2.19. The van der Waals surface area contributed by atoms with Crippen LogP contribution in [0.5, 0.6) is 0 Å². The van der Waals surface area contributed by atoms with Gasteiger partial charge in [0.2, 0.25) is 0 Å². The van der Waals surface area contributed by atoms with Crippen LogP contribution in [-0.4, -0.2) is 29.3 Å². The molecule has 7 heteroatoms. The standard InChI is InChI=1S/C13H20N4O3/c1-4-9(2)8-16(3)13(18)10-5-6-12(17(19)20)11(7-10)15-14/h5-7,9,15H,4,8,14H2,1-3H3. The SMILES string of the molecule is CCC(C)CN(C)C(=O)c1ccc([N+](=O)[O-])c(NN)c1. The molecule has 0 bridgehead atoms. The van der Waals surface area contributed by atoms with Gasteiger partial charge in [0.25, 0.3) is 11.6 Å². The first-order chi connectivity index (χ1) is 9.40. The predicted molar refractivity (Wildman–Crippen MR) is 77.3 cm³/mol. The van der Waals surface area contributed by atoms with E-state index in [1.807, 2.05) is 0 Å². The molecule has 1 aromatic rings. The molecular weight excluding hydrogens is 260 g/mol. The Morgan fingerprint density at radius 1 is 1.55 bits per heavy atom. The molecule has 0 saturated carbocycles. The Morgan fingerprint density at radius 3 is 2.70 bits per heavy atom. The highest BCUT2D eigenvalue weighted by molar-refractivity contribution is 5.95. The number of nitrogen functional groups attached to an aromatic ring is 1. The molecule has 0 aliphatic heterocycles. The van der Waals surface area contributed by atoms with Gasteiger partial charge < -0.3 is 10.3 Å². The van der Waals surface area contributed by atoms with Gasteiger partial charge in [-0.2, -0.15) is 0 Å². The summed E-state index contributed by atoms with van der Waals surface area (Å²) in [5.41, 5.74) is 2.58. The third-order valence-corrected chi connectivity index (χ3v) is 3.22. The van der Waals surface area contributed by atoms with Crippen molar-refractivity contribution < 1.29 is 9.72 Å². The lowest BCUT2D eigenvalue weighted by Crippen LogP contribution is -2.31. The molecule has 0 fully saturated rings. The largest absolute Gasteiger partial charge is 0.341 e. The molecule has 110 valence electrons. The topological polar surface area (TPSA) is 102 Å². The Bertz CT molecular complexity index is 504. The Morgan fingerprint density at radius 2 is 2.20 bits per heavy atom. The maximum absolute atomic E-state index is 12.2. The fourth-order valence-corrected chi connectivity index (χ4v) is 1.84. The van der Waals surface area contributed by atoms with E-state index in [0.717, 1.165) is 6.42 Å². The first-order valence-corrected chi connectivity index (χ1v) is 6.41. The molecular formula is C13H20N4O3. The van der Waals surface area contributed by atoms with Crippen LogP contribution in [-0.2, 0) is 0 Å². The molecule has 0 aromatic heterocycles. The van der Waals surface area contributed by atoms with Gasteiger partial charge in [-0.05, 0) is 18.1 Å². The number of nitro groups is 1. The number of hydrazine groups is 1. The number of rotatable bonds is 6. The third kappa shape index (κ3) is 3.67. The van der Waals surface area contributed by atoms with Crippen molar-refractivity contribution in [2.75, 3.05) is 19.0 Å². The molecule has 1 unspecified atom stereocenters. The number of anilines is 1. The highest BCUT2D eigenvalue weighted by atomic mass is 16.6. The second kappa shape index (κ2) is 6.85. The monoisotopic (exact) mass is 280 g/mol. The van der Waals surface area contributed by atoms with Crippen LogP contribution in [0.4, 0.5) is 11.4 Å². The summed E-state index contributed by atoms with van der Waals surface area (Å²) in [7, 11) is 1.71. The first kappa shape index (κ1) is 15.9. The van der Waals surface area contributed by atoms with Crippen molar-refractivity contribution in [1.82, 2.24) is 4.90 Å². The van der Waals surface area contributed by atoms with Crippen LogP contribution in [0.15, 0.2) is 18.2 Å². The number of hydrogen-bond acceptors (Lipinski definition) is 5. The highest BCUT2D eigenvalue weighted by Crippen LogP contribution is 2.25. The number of amides is 1. The minimum Gasteiger partial charge on any atom is -0.341 e. The summed E-state index contributed by atoms with van der Waals surface area (Å²) < 4.78 is 0. The molecule has 1 atom stereocenters. The zero-order valence-corrected chi connectivity index (χ0v) is 11.9. The van der Waals surface area contributed by atoms with E-state index in [2.05, 4.69) is 19.3 Å². The molecule has 7 nitrogen and oxygen atoms in total. The van der Waals surface area contributed by atoms with Gasteiger partial charge in [-0.1, -0.05) is 20.3 Å². The van der Waals surface area contributed by atoms with E-state index in [1.54, 1.807) is 11.9 Å². The van der Waals surface area contributed by atoms with Gasteiger partial charge in [0.1, 0.15) is 5.69 Å². The summed E-state index contributed by atoms with van der Waals surface area (Å²) in [5.74, 6) is 5.47. The second-order valence-corrected chi connectivity index (χ2v) is 4.83. The molecule has 0 aliphatic carbocycles. The van der Waals surface area contributed by atoms with E-state index in [4.69, 9.17) is 5.84 Å². The number of nitro benzene ring substituents is 1. The fourth-order valence-electron chi connectivity index (χ4n) is 1.84. The van der Waals surface area contributed by atoms with Crippen molar-refractivity contribution in [3.05, 3.63) is 33.9 Å². The summed E-state index contributed by atoms with van der Waals surface area (Å²) in [4.78, 5) is 24.1. The number of nitrogens with two attached hydrogens (primary N) is 1. The molecule has 0 radical (unpaired) electrons. The van der Waals surface area contributed by atoms with Crippen molar-refractivity contribution in [1.29, 1.82) is 0 Å². The smallest absolute Gasteiger partial charge is 0.293 e. The molecule has 1 rings (SSSR count). The summed E-state index contributed by atoms with van der Waals surface area (Å²) >= 11 is 0. The maximum atomic E-state index is 12.2. The number of hydrogen-bond donors (Lipinski definition) is 2. The quantitative estimate of drug-likeness (QED) is 0.471.